The van der Waals surface area contributed by atoms with Crippen molar-refractivity contribution in [2.24, 2.45) is 5.90 Å². The zero-order chi connectivity index (χ0) is 7.56. The minimum Gasteiger partial charge on any atom is -0.408 e. The number of nitrogens with two attached hydrogens (primary N) is 1. The second kappa shape index (κ2) is 2.86. The van der Waals surface area contributed by atoms with Gasteiger partial charge in [0, 0.05) is 11.1 Å². The van der Waals surface area contributed by atoms with Crippen molar-refractivity contribution in [3.8, 4) is 5.75 Å². The van der Waals surface area contributed by atoms with E-state index in [4.69, 9.17) is 17.5 Å². The Bertz CT molecular complexity index is 241. The highest BCUT2D eigenvalue weighted by atomic mass is 35.5. The molecule has 1 aromatic rings. The van der Waals surface area contributed by atoms with E-state index in [0.717, 1.165) is 0 Å². The third kappa shape index (κ3) is 1.37. The van der Waals surface area contributed by atoms with Gasteiger partial charge in [-0.3, -0.25) is 0 Å². The van der Waals surface area contributed by atoms with Crippen LogP contribution in [-0.2, 0) is 0 Å². The summed E-state index contributed by atoms with van der Waals surface area (Å²) in [6.07, 6.45) is 0. The lowest BCUT2D eigenvalue weighted by molar-refractivity contribution is 0.316. The molecule has 0 saturated heterocycles. The topological polar surface area (TPSA) is 35.2 Å². The molecule has 0 aliphatic heterocycles. The lowest BCUT2D eigenvalue weighted by atomic mass is 10.3. The molecule has 0 unspecified atom stereocenters. The summed E-state index contributed by atoms with van der Waals surface area (Å²) in [6, 6.07) is 3.90. The summed E-state index contributed by atoms with van der Waals surface area (Å²) >= 11 is 5.49. The molecule has 0 aliphatic rings. The molecule has 0 radical (unpaired) electrons. The summed E-state index contributed by atoms with van der Waals surface area (Å²) in [7, 11) is 0. The predicted molar refractivity (Wildman–Crippen MR) is 36.2 cm³/mol. The van der Waals surface area contributed by atoms with Gasteiger partial charge in [0.2, 0.25) is 0 Å². The molecule has 4 heteroatoms. The Labute approximate surface area is 62.3 Å². The fraction of sp³-hybridized carbons (Fsp3) is 0. The van der Waals surface area contributed by atoms with E-state index in [9.17, 15) is 4.39 Å². The Kier molecular flexibility index (Phi) is 2.09. The first kappa shape index (κ1) is 7.31. The van der Waals surface area contributed by atoms with Crippen LogP contribution in [0.1, 0.15) is 0 Å². The summed E-state index contributed by atoms with van der Waals surface area (Å²) in [5, 5.41) is 0.391. The van der Waals surface area contributed by atoms with E-state index in [2.05, 4.69) is 4.84 Å². The minimum absolute atomic E-state index is 0.0486. The van der Waals surface area contributed by atoms with Crippen LogP contribution < -0.4 is 10.7 Å². The highest BCUT2D eigenvalue weighted by Gasteiger charge is 2.01. The average molecular weight is 162 g/mol. The minimum atomic E-state index is -0.521. The molecular weight excluding hydrogens is 157 g/mol. The van der Waals surface area contributed by atoms with Gasteiger partial charge in [0.1, 0.15) is 0 Å². The van der Waals surface area contributed by atoms with Crippen molar-refractivity contribution in [2.45, 2.75) is 0 Å². The molecule has 0 fully saturated rings. The molecule has 54 valence electrons. The lowest BCUT2D eigenvalue weighted by Crippen LogP contribution is -2.03. The van der Waals surface area contributed by atoms with Gasteiger partial charge in [-0.15, -0.1) is 0 Å². The fourth-order valence-corrected chi connectivity index (χ4v) is 0.730. The molecule has 2 nitrogen and oxygen atoms in total. The zero-order valence-corrected chi connectivity index (χ0v) is 5.73. The van der Waals surface area contributed by atoms with Gasteiger partial charge in [0.25, 0.3) is 0 Å². The summed E-state index contributed by atoms with van der Waals surface area (Å²) < 4.78 is 12.5. The number of benzene rings is 1. The maximum absolute atomic E-state index is 12.5. The van der Waals surface area contributed by atoms with Crippen LogP contribution in [0.2, 0.25) is 5.02 Å². The molecule has 0 spiro atoms. The molecule has 0 heterocycles. The smallest absolute Gasteiger partial charge is 0.183 e. The van der Waals surface area contributed by atoms with Crippen molar-refractivity contribution in [1.82, 2.24) is 0 Å². The molecule has 0 aromatic heterocycles. The second-order valence-corrected chi connectivity index (χ2v) is 2.13. The van der Waals surface area contributed by atoms with E-state index >= 15 is 0 Å². The van der Waals surface area contributed by atoms with Crippen LogP contribution in [-0.4, -0.2) is 0 Å². The second-order valence-electron chi connectivity index (χ2n) is 1.69. The van der Waals surface area contributed by atoms with Crippen molar-refractivity contribution in [2.75, 3.05) is 0 Å². The maximum atomic E-state index is 12.5. The van der Waals surface area contributed by atoms with Gasteiger partial charge < -0.3 is 4.84 Å². The van der Waals surface area contributed by atoms with Gasteiger partial charge in [0.05, 0.1) is 0 Å². The third-order valence-electron chi connectivity index (χ3n) is 1.02. The molecule has 1 aromatic carbocycles. The van der Waals surface area contributed by atoms with Gasteiger partial charge in [-0.1, -0.05) is 11.6 Å². The maximum Gasteiger partial charge on any atom is 0.183 e. The SMILES string of the molecule is NOc1cc(Cl)ccc1F. The molecule has 2 N–H and O–H groups in total. The molecular formula is C6H5ClFNO. The Hall–Kier alpha value is -0.800. The molecule has 10 heavy (non-hydrogen) atoms. The molecule has 0 aliphatic carbocycles. The van der Waals surface area contributed by atoms with Gasteiger partial charge in [-0.05, 0) is 12.1 Å². The molecule has 1 rings (SSSR count). The van der Waals surface area contributed by atoms with Crippen LogP contribution in [0, 0.1) is 5.82 Å². The summed E-state index contributed by atoms with van der Waals surface area (Å²) in [6.45, 7) is 0. The van der Waals surface area contributed by atoms with Gasteiger partial charge in [0.15, 0.2) is 11.6 Å². The zero-order valence-electron chi connectivity index (χ0n) is 4.97. The summed E-state index contributed by atoms with van der Waals surface area (Å²) in [5.74, 6) is 4.15. The van der Waals surface area contributed by atoms with E-state index in [0.29, 0.717) is 5.02 Å². The highest BCUT2D eigenvalue weighted by Crippen LogP contribution is 2.20. The number of hydrogen-bond donors (Lipinski definition) is 1. The lowest BCUT2D eigenvalue weighted by Gasteiger charge is -1.98. The Morgan fingerprint density at radius 1 is 1.50 bits per heavy atom. The van der Waals surface area contributed by atoms with Crippen molar-refractivity contribution in [3.05, 3.63) is 29.0 Å². The van der Waals surface area contributed by atoms with Gasteiger partial charge >= 0.3 is 0 Å². The van der Waals surface area contributed by atoms with E-state index in [1.54, 1.807) is 0 Å². The molecule has 0 atom stereocenters. The van der Waals surface area contributed by atoms with E-state index < -0.39 is 5.82 Å². The molecule has 0 amide bonds. The highest BCUT2D eigenvalue weighted by molar-refractivity contribution is 6.30. The first-order valence-corrected chi connectivity index (χ1v) is 2.93. The molecule has 0 saturated carbocycles. The first-order valence-electron chi connectivity index (χ1n) is 2.56. The van der Waals surface area contributed by atoms with Crippen molar-refractivity contribution < 1.29 is 9.23 Å². The van der Waals surface area contributed by atoms with Crippen LogP contribution in [0.5, 0.6) is 5.75 Å². The Morgan fingerprint density at radius 2 is 2.20 bits per heavy atom. The fourth-order valence-electron chi connectivity index (χ4n) is 0.568. The van der Waals surface area contributed by atoms with Crippen LogP contribution in [0.4, 0.5) is 4.39 Å². The van der Waals surface area contributed by atoms with Crippen molar-refractivity contribution >= 4 is 11.6 Å². The van der Waals surface area contributed by atoms with Crippen LogP contribution in [0.3, 0.4) is 0 Å². The van der Waals surface area contributed by atoms with Crippen molar-refractivity contribution in [3.63, 3.8) is 0 Å². The van der Waals surface area contributed by atoms with Crippen LogP contribution >= 0.6 is 11.6 Å². The Morgan fingerprint density at radius 3 is 2.70 bits per heavy atom. The van der Waals surface area contributed by atoms with Crippen LogP contribution in [0.25, 0.3) is 0 Å². The van der Waals surface area contributed by atoms with E-state index in [1.807, 2.05) is 0 Å². The van der Waals surface area contributed by atoms with Gasteiger partial charge in [-0.2, -0.15) is 5.90 Å². The largest absolute Gasteiger partial charge is 0.408 e. The Balaban J connectivity index is 3.09. The monoisotopic (exact) mass is 161 g/mol. The van der Waals surface area contributed by atoms with Crippen LogP contribution in [0.15, 0.2) is 18.2 Å². The standard InChI is InChI=1S/C6H5ClFNO/c7-4-1-2-5(8)6(3-4)10-9/h1-3H,9H2. The average Bonchev–Trinajstić information content (AvgIpc) is 1.94. The predicted octanol–water partition coefficient (Wildman–Crippen LogP) is 1.73. The first-order chi connectivity index (χ1) is 4.74. The summed E-state index contributed by atoms with van der Waals surface area (Å²) in [5.41, 5.74) is 0. The van der Waals surface area contributed by atoms with E-state index in [1.165, 1.54) is 18.2 Å². The third-order valence-corrected chi connectivity index (χ3v) is 1.26. The quantitative estimate of drug-likeness (QED) is 0.637. The number of rotatable bonds is 1. The number of hydrogen-bond acceptors (Lipinski definition) is 2. The summed E-state index contributed by atoms with van der Waals surface area (Å²) in [4.78, 5) is 4.17. The van der Waals surface area contributed by atoms with Gasteiger partial charge in [-0.25, -0.2) is 4.39 Å². The van der Waals surface area contributed by atoms with E-state index in [-0.39, 0.29) is 5.75 Å². The number of halogens is 2. The normalized spacial score (nSPS) is 9.50. The molecule has 0 bridgehead atoms. The van der Waals surface area contributed by atoms with Crippen molar-refractivity contribution in [1.29, 1.82) is 0 Å².